The average molecular weight is 450 g/mol. The smallest absolute Gasteiger partial charge is 0.240 e. The van der Waals surface area contributed by atoms with E-state index < -0.39 is 35.7 Å². The minimum Gasteiger partial charge on any atom is -0.497 e. The third-order valence-corrected chi connectivity index (χ3v) is 6.08. The van der Waals surface area contributed by atoms with Gasteiger partial charge in [-0.05, 0) is 55.3 Å². The molecule has 3 aliphatic heterocycles. The van der Waals surface area contributed by atoms with Gasteiger partial charge in [0.15, 0.2) is 0 Å². The third kappa shape index (κ3) is 3.76. The lowest BCUT2D eigenvalue weighted by molar-refractivity contribution is -0.129. The van der Waals surface area contributed by atoms with Crippen molar-refractivity contribution in [2.75, 3.05) is 12.0 Å². The third-order valence-electron chi connectivity index (χ3n) is 6.08. The SMILES string of the molecule is CC(C)O.COc1ccc(N2C(=O)C3C(C2=O)C2c4ccccc4C=CN2C3C(N)=O)cc1. The molecule has 33 heavy (non-hydrogen) atoms. The molecule has 3 N–H and O–H groups in total. The highest BCUT2D eigenvalue weighted by molar-refractivity contribution is 6.24. The number of nitrogens with two attached hydrogens (primary N) is 1. The standard InChI is InChI=1S/C22H19N3O4.C3H8O/c1-29-14-8-6-13(7-9-14)25-21(27)16-17(22(25)28)19(20(23)26)24-11-10-12-4-2-3-5-15(12)18(16)24;1-3(2)4/h2-11,16-19H,1H3,(H2,23,26);3-4H,1-2H3. The van der Waals surface area contributed by atoms with Crippen molar-refractivity contribution >= 4 is 29.5 Å². The number of hydrogen-bond donors (Lipinski definition) is 2. The monoisotopic (exact) mass is 449 g/mol. The molecule has 3 aliphatic rings. The van der Waals surface area contributed by atoms with E-state index in [1.165, 1.54) is 4.90 Å². The van der Waals surface area contributed by atoms with Crippen molar-refractivity contribution in [2.45, 2.75) is 32.0 Å². The number of aliphatic hydroxyl groups excluding tert-OH is 1. The minimum atomic E-state index is -0.866. The van der Waals surface area contributed by atoms with Gasteiger partial charge in [0.1, 0.15) is 11.8 Å². The molecule has 4 unspecified atom stereocenters. The molecule has 0 aromatic heterocycles. The van der Waals surface area contributed by atoms with Crippen molar-refractivity contribution in [3.8, 4) is 5.75 Å². The van der Waals surface area contributed by atoms with Crippen LogP contribution in [0.3, 0.4) is 0 Å². The van der Waals surface area contributed by atoms with Crippen molar-refractivity contribution in [3.63, 3.8) is 0 Å². The fourth-order valence-corrected chi connectivity index (χ4v) is 4.87. The van der Waals surface area contributed by atoms with Crippen LogP contribution in [-0.2, 0) is 14.4 Å². The van der Waals surface area contributed by atoms with E-state index >= 15 is 0 Å². The van der Waals surface area contributed by atoms with Crippen LogP contribution in [0.4, 0.5) is 5.69 Å². The Morgan fingerprint density at radius 3 is 2.24 bits per heavy atom. The van der Waals surface area contributed by atoms with E-state index in [9.17, 15) is 14.4 Å². The van der Waals surface area contributed by atoms with E-state index in [1.807, 2.05) is 30.3 Å². The second kappa shape index (κ2) is 8.71. The maximum absolute atomic E-state index is 13.5. The number of methoxy groups -OCH3 is 1. The van der Waals surface area contributed by atoms with Crippen LogP contribution in [-0.4, -0.2) is 47.0 Å². The van der Waals surface area contributed by atoms with Gasteiger partial charge in [-0.1, -0.05) is 24.3 Å². The molecule has 3 heterocycles. The van der Waals surface area contributed by atoms with Crippen molar-refractivity contribution in [1.29, 1.82) is 0 Å². The summed E-state index contributed by atoms with van der Waals surface area (Å²) >= 11 is 0. The molecule has 2 fully saturated rings. The van der Waals surface area contributed by atoms with E-state index in [-0.39, 0.29) is 12.0 Å². The first-order valence-electron chi connectivity index (χ1n) is 10.8. The van der Waals surface area contributed by atoms with Crippen LogP contribution < -0.4 is 15.4 Å². The van der Waals surface area contributed by atoms with Gasteiger partial charge in [-0.15, -0.1) is 0 Å². The molecule has 8 heteroatoms. The van der Waals surface area contributed by atoms with E-state index in [0.29, 0.717) is 11.4 Å². The van der Waals surface area contributed by atoms with Crippen LogP contribution in [0.2, 0.25) is 0 Å². The van der Waals surface area contributed by atoms with Crippen LogP contribution in [0.15, 0.2) is 54.7 Å². The lowest BCUT2D eigenvalue weighted by Crippen LogP contribution is -2.46. The molecule has 3 amide bonds. The summed E-state index contributed by atoms with van der Waals surface area (Å²) in [5, 5.41) is 8.06. The first-order valence-corrected chi connectivity index (χ1v) is 10.8. The molecular weight excluding hydrogens is 422 g/mol. The first-order chi connectivity index (χ1) is 15.8. The molecule has 0 bridgehead atoms. The number of imide groups is 1. The molecule has 172 valence electrons. The second-order valence-corrected chi connectivity index (χ2v) is 8.54. The molecule has 0 radical (unpaired) electrons. The summed E-state index contributed by atoms with van der Waals surface area (Å²) in [6.07, 6.45) is 3.50. The topological polar surface area (TPSA) is 113 Å². The number of ether oxygens (including phenoxy) is 1. The zero-order valence-electron chi connectivity index (χ0n) is 18.7. The number of anilines is 1. The van der Waals surface area contributed by atoms with Gasteiger partial charge < -0.3 is 20.5 Å². The minimum absolute atomic E-state index is 0.167. The molecule has 8 nitrogen and oxygen atoms in total. The predicted molar refractivity (Wildman–Crippen MR) is 123 cm³/mol. The van der Waals surface area contributed by atoms with E-state index in [0.717, 1.165) is 11.1 Å². The highest BCUT2D eigenvalue weighted by atomic mass is 16.5. The number of nitrogens with zero attached hydrogens (tertiary/aromatic N) is 2. The Kier molecular flexibility index (Phi) is 5.95. The van der Waals surface area contributed by atoms with Gasteiger partial charge in [0.2, 0.25) is 17.7 Å². The number of carbonyl (C=O) groups is 3. The van der Waals surface area contributed by atoms with Gasteiger partial charge in [-0.2, -0.15) is 0 Å². The summed E-state index contributed by atoms with van der Waals surface area (Å²) in [6.45, 7) is 3.44. The Balaban J connectivity index is 0.000000601. The average Bonchev–Trinajstić information content (AvgIpc) is 3.26. The van der Waals surface area contributed by atoms with E-state index in [2.05, 4.69) is 0 Å². The maximum atomic E-state index is 13.5. The Bertz CT molecular complexity index is 1110. The van der Waals surface area contributed by atoms with E-state index in [1.54, 1.807) is 56.3 Å². The molecule has 0 aliphatic carbocycles. The summed E-state index contributed by atoms with van der Waals surface area (Å²) in [5.74, 6) is -2.18. The van der Waals surface area contributed by atoms with Crippen LogP contribution >= 0.6 is 0 Å². The van der Waals surface area contributed by atoms with Crippen molar-refractivity contribution in [2.24, 2.45) is 17.6 Å². The number of carbonyl (C=O) groups excluding carboxylic acids is 3. The number of benzene rings is 2. The van der Waals surface area contributed by atoms with Crippen LogP contribution in [0.1, 0.15) is 31.0 Å². The Labute approximate surface area is 192 Å². The van der Waals surface area contributed by atoms with Crippen molar-refractivity contribution < 1.29 is 24.2 Å². The predicted octanol–water partition coefficient (Wildman–Crippen LogP) is 2.08. The summed E-state index contributed by atoms with van der Waals surface area (Å²) < 4.78 is 5.15. The fourth-order valence-electron chi connectivity index (χ4n) is 4.87. The van der Waals surface area contributed by atoms with Crippen molar-refractivity contribution in [1.82, 2.24) is 4.90 Å². The number of hydrogen-bond acceptors (Lipinski definition) is 6. The first kappa shape index (κ1) is 22.5. The number of fused-ring (bicyclic) bond motifs is 5. The second-order valence-electron chi connectivity index (χ2n) is 8.54. The largest absolute Gasteiger partial charge is 0.497 e. The number of rotatable bonds is 3. The van der Waals surface area contributed by atoms with Gasteiger partial charge in [-0.25, -0.2) is 4.90 Å². The molecular formula is C25H27N3O5. The number of primary amides is 1. The van der Waals surface area contributed by atoms with Gasteiger partial charge in [0, 0.05) is 12.3 Å². The Morgan fingerprint density at radius 2 is 1.64 bits per heavy atom. The number of amides is 3. The van der Waals surface area contributed by atoms with Crippen molar-refractivity contribution in [3.05, 3.63) is 65.9 Å². The lowest BCUT2D eigenvalue weighted by atomic mass is 9.84. The normalized spacial score (nSPS) is 24.8. The van der Waals surface area contributed by atoms with E-state index in [4.69, 9.17) is 15.6 Å². The molecule has 2 saturated heterocycles. The molecule has 0 saturated carbocycles. The zero-order valence-corrected chi connectivity index (χ0v) is 18.7. The molecule has 2 aromatic carbocycles. The van der Waals surface area contributed by atoms with Crippen LogP contribution in [0, 0.1) is 11.8 Å². The molecule has 2 aromatic rings. The van der Waals surface area contributed by atoms with Gasteiger partial charge >= 0.3 is 0 Å². The van der Waals surface area contributed by atoms with Gasteiger partial charge in [0.05, 0.1) is 30.7 Å². The van der Waals surface area contributed by atoms with Gasteiger partial charge in [0.25, 0.3) is 0 Å². The van der Waals surface area contributed by atoms with Gasteiger partial charge in [-0.3, -0.25) is 14.4 Å². The molecule has 4 atom stereocenters. The summed E-state index contributed by atoms with van der Waals surface area (Å²) in [4.78, 5) is 42.1. The highest BCUT2D eigenvalue weighted by Crippen LogP contribution is 2.53. The summed E-state index contributed by atoms with van der Waals surface area (Å²) in [7, 11) is 1.55. The zero-order chi connectivity index (χ0) is 23.9. The highest BCUT2D eigenvalue weighted by Gasteiger charge is 2.64. The maximum Gasteiger partial charge on any atom is 0.240 e. The Hall–Kier alpha value is -3.65. The Morgan fingerprint density at radius 1 is 1.03 bits per heavy atom. The summed E-state index contributed by atoms with van der Waals surface area (Å²) in [5.41, 5.74) is 8.06. The van der Waals surface area contributed by atoms with Crippen LogP contribution in [0.25, 0.3) is 6.08 Å². The summed E-state index contributed by atoms with van der Waals surface area (Å²) in [6, 6.07) is 13.2. The fraction of sp³-hybridized carbons (Fsp3) is 0.320. The number of aliphatic hydroxyl groups is 1. The van der Waals surface area contributed by atoms with Crippen LogP contribution in [0.5, 0.6) is 5.75 Å². The molecule has 0 spiro atoms. The molecule has 5 rings (SSSR count). The quantitative estimate of drug-likeness (QED) is 0.694. The lowest BCUT2D eigenvalue weighted by Gasteiger charge is -2.34.